The first-order valence-corrected chi connectivity index (χ1v) is 8.48. The van der Waals surface area contributed by atoms with Crippen LogP contribution in [0.3, 0.4) is 0 Å². The Morgan fingerprint density at radius 2 is 2.04 bits per heavy atom. The number of benzene rings is 1. The van der Waals surface area contributed by atoms with Crippen molar-refractivity contribution in [3.8, 4) is 5.75 Å². The lowest BCUT2D eigenvalue weighted by Gasteiger charge is -2.26. The molecule has 1 aliphatic carbocycles. The zero-order chi connectivity index (χ0) is 18.9. The van der Waals surface area contributed by atoms with Gasteiger partial charge in [0.2, 0.25) is 5.78 Å². The van der Waals surface area contributed by atoms with E-state index < -0.39 is 27.3 Å². The first-order valence-electron chi connectivity index (χ1n) is 8.10. The maximum Gasteiger partial charge on any atom is 0.345 e. The highest BCUT2D eigenvalue weighted by molar-refractivity contribution is 6.27. The SMILES string of the molecule is O=C(O)C1=C[NH+]([O-])c2cc(C3(Cl)CC3)c(OCCOCCO)cc2C1=O. The number of rotatable bonds is 8. The summed E-state index contributed by atoms with van der Waals surface area (Å²) in [6, 6.07) is 2.91. The third-order valence-corrected chi connectivity index (χ3v) is 4.85. The second kappa shape index (κ2) is 7.34. The third-order valence-electron chi connectivity index (χ3n) is 4.27. The number of carboxylic acid groups (broad SMARTS) is 1. The maximum atomic E-state index is 12.4. The van der Waals surface area contributed by atoms with Crippen LogP contribution >= 0.6 is 11.6 Å². The molecule has 0 saturated heterocycles. The van der Waals surface area contributed by atoms with Crippen molar-refractivity contribution in [2.45, 2.75) is 17.7 Å². The quantitative estimate of drug-likeness (QED) is 0.258. The van der Waals surface area contributed by atoms with Gasteiger partial charge < -0.3 is 30.0 Å². The topological polar surface area (TPSA) is 121 Å². The van der Waals surface area contributed by atoms with Gasteiger partial charge >= 0.3 is 5.97 Å². The number of quaternary nitrogens is 1. The van der Waals surface area contributed by atoms with Crippen molar-refractivity contribution in [1.29, 1.82) is 0 Å². The minimum Gasteiger partial charge on any atom is -0.624 e. The van der Waals surface area contributed by atoms with Crippen LogP contribution < -0.4 is 9.80 Å². The molecule has 26 heavy (non-hydrogen) atoms. The van der Waals surface area contributed by atoms with Crippen LogP contribution in [0.25, 0.3) is 0 Å². The zero-order valence-corrected chi connectivity index (χ0v) is 14.5. The average Bonchev–Trinajstić information content (AvgIpc) is 3.35. The van der Waals surface area contributed by atoms with Crippen LogP contribution in [0, 0.1) is 5.21 Å². The van der Waals surface area contributed by atoms with Crippen LogP contribution in [0.4, 0.5) is 5.69 Å². The van der Waals surface area contributed by atoms with Crippen LogP contribution in [0.5, 0.6) is 5.75 Å². The van der Waals surface area contributed by atoms with E-state index in [9.17, 15) is 14.8 Å². The highest BCUT2D eigenvalue weighted by atomic mass is 35.5. The second-order valence-electron chi connectivity index (χ2n) is 6.10. The molecule has 0 amide bonds. The number of carboxylic acids is 1. The van der Waals surface area contributed by atoms with E-state index in [1.165, 1.54) is 12.1 Å². The summed E-state index contributed by atoms with van der Waals surface area (Å²) in [7, 11) is 0. The van der Waals surface area contributed by atoms with Crippen molar-refractivity contribution in [2.24, 2.45) is 0 Å². The predicted octanol–water partition coefficient (Wildman–Crippen LogP) is 0.481. The van der Waals surface area contributed by atoms with Crippen LogP contribution in [-0.4, -0.2) is 48.4 Å². The lowest BCUT2D eigenvalue weighted by molar-refractivity contribution is -0.715. The molecule has 9 heteroatoms. The Bertz CT molecular complexity index is 773. The summed E-state index contributed by atoms with van der Waals surface area (Å²) in [5, 5.41) is 29.5. The molecular weight excluding hydrogens is 366 g/mol. The van der Waals surface area contributed by atoms with Crippen LogP contribution in [0.15, 0.2) is 23.9 Å². The Morgan fingerprint density at radius 1 is 1.31 bits per heavy atom. The number of hydrogen-bond acceptors (Lipinski definition) is 6. The van der Waals surface area contributed by atoms with Gasteiger partial charge in [0.25, 0.3) is 0 Å². The number of carbonyl (C=O) groups excluding carboxylic acids is 1. The average molecular weight is 384 g/mol. The van der Waals surface area contributed by atoms with Crippen LogP contribution in [0.1, 0.15) is 28.8 Å². The molecule has 1 aromatic carbocycles. The summed E-state index contributed by atoms with van der Waals surface area (Å²) in [6.45, 7) is 0.456. The number of Topliss-reactive ketones (excluding diaryl/α,β-unsaturated/α-hetero) is 1. The number of aliphatic hydroxyl groups is 1. The smallest absolute Gasteiger partial charge is 0.345 e. The number of hydroxylamine groups is 1. The molecule has 3 rings (SSSR count). The summed E-state index contributed by atoms with van der Waals surface area (Å²) in [4.78, 5) is 22.9. The van der Waals surface area contributed by atoms with Gasteiger partial charge in [-0.15, -0.1) is 11.6 Å². The molecule has 0 radical (unpaired) electrons. The molecule has 0 bridgehead atoms. The fraction of sp³-hybridized carbons (Fsp3) is 0.412. The molecule has 1 unspecified atom stereocenters. The molecule has 1 heterocycles. The molecule has 1 aliphatic heterocycles. The minimum absolute atomic E-state index is 0.00848. The van der Waals surface area contributed by atoms with Gasteiger partial charge in [-0.3, -0.25) is 4.79 Å². The highest BCUT2D eigenvalue weighted by Gasteiger charge is 2.46. The number of ether oxygens (including phenoxy) is 2. The number of aliphatic carboxylic acids is 1. The van der Waals surface area contributed by atoms with Crippen molar-refractivity contribution in [2.75, 3.05) is 26.4 Å². The standard InChI is InChI=1S/C17H18ClNO7/c18-17(1-2-17)12-8-13-10(7-14(12)26-6-5-25-4-3-20)15(21)11(16(22)23)9-19(13)24/h7-9,19-20H,1-6H2,(H,22,23). The summed E-state index contributed by atoms with van der Waals surface area (Å²) in [5.41, 5.74) is 0.157. The van der Waals surface area contributed by atoms with Crippen LogP contribution in [0.2, 0.25) is 0 Å². The summed E-state index contributed by atoms with van der Waals surface area (Å²) < 4.78 is 10.8. The second-order valence-corrected chi connectivity index (χ2v) is 6.82. The number of ketones is 1. The van der Waals surface area contributed by atoms with Gasteiger partial charge in [0.15, 0.2) is 5.57 Å². The molecule has 3 N–H and O–H groups in total. The van der Waals surface area contributed by atoms with E-state index >= 15 is 0 Å². The van der Waals surface area contributed by atoms with Gasteiger partial charge in [-0.1, -0.05) is 0 Å². The number of alkyl halides is 1. The fourth-order valence-corrected chi connectivity index (χ4v) is 3.02. The Labute approximate surface area is 154 Å². The van der Waals surface area contributed by atoms with E-state index in [0.29, 0.717) is 24.2 Å². The lowest BCUT2D eigenvalue weighted by atomic mass is 9.95. The lowest BCUT2D eigenvalue weighted by Crippen LogP contribution is -2.98. The Morgan fingerprint density at radius 3 is 2.65 bits per heavy atom. The van der Waals surface area contributed by atoms with Crippen molar-refractivity contribution in [3.05, 3.63) is 40.2 Å². The molecule has 1 saturated carbocycles. The first kappa shape index (κ1) is 18.8. The molecule has 0 spiro atoms. The molecule has 140 valence electrons. The van der Waals surface area contributed by atoms with Crippen LogP contribution in [-0.2, 0) is 14.4 Å². The van der Waals surface area contributed by atoms with Crippen molar-refractivity contribution < 1.29 is 34.3 Å². The van der Waals surface area contributed by atoms with Gasteiger partial charge in [-0.25, -0.2) is 4.79 Å². The molecule has 1 atom stereocenters. The first-order chi connectivity index (χ1) is 12.4. The summed E-state index contributed by atoms with van der Waals surface area (Å²) in [5.74, 6) is -1.86. The van der Waals surface area contributed by atoms with E-state index in [2.05, 4.69) is 0 Å². The number of fused-ring (bicyclic) bond motifs is 1. The van der Waals surface area contributed by atoms with Gasteiger partial charge in [0, 0.05) is 11.6 Å². The minimum atomic E-state index is -1.45. The largest absolute Gasteiger partial charge is 0.624 e. The number of halogens is 1. The Kier molecular flexibility index (Phi) is 5.31. The Balaban J connectivity index is 1.92. The predicted molar refractivity (Wildman–Crippen MR) is 90.6 cm³/mol. The van der Waals surface area contributed by atoms with E-state index in [-0.39, 0.29) is 37.7 Å². The zero-order valence-electron chi connectivity index (χ0n) is 13.8. The molecule has 0 aromatic heterocycles. The van der Waals surface area contributed by atoms with E-state index in [0.717, 1.165) is 6.20 Å². The van der Waals surface area contributed by atoms with Crippen molar-refractivity contribution in [3.63, 3.8) is 0 Å². The van der Waals surface area contributed by atoms with Gasteiger partial charge in [-0.05, 0) is 18.9 Å². The number of hydrogen-bond donors (Lipinski definition) is 3. The highest BCUT2D eigenvalue weighted by Crippen LogP contribution is 2.55. The third kappa shape index (κ3) is 3.60. The molecule has 2 aliphatic rings. The fourth-order valence-electron chi connectivity index (χ4n) is 2.78. The summed E-state index contributed by atoms with van der Waals surface area (Å²) in [6.07, 6.45) is 2.26. The van der Waals surface area contributed by atoms with Crippen molar-refractivity contribution >= 4 is 29.0 Å². The molecule has 1 fully saturated rings. The number of aliphatic hydroxyl groups excluding tert-OH is 1. The van der Waals surface area contributed by atoms with E-state index in [1.54, 1.807) is 0 Å². The van der Waals surface area contributed by atoms with E-state index in [1.807, 2.05) is 0 Å². The Hall–Kier alpha value is -1.97. The molecule has 8 nitrogen and oxygen atoms in total. The normalized spacial score (nSPS) is 20.3. The van der Waals surface area contributed by atoms with Gasteiger partial charge in [-0.2, -0.15) is 0 Å². The number of carbonyl (C=O) groups is 2. The van der Waals surface area contributed by atoms with Gasteiger partial charge in [0.05, 0.1) is 30.3 Å². The van der Waals surface area contributed by atoms with Gasteiger partial charge in [0.1, 0.15) is 24.2 Å². The number of nitrogens with one attached hydrogen (secondary N) is 1. The molecule has 1 aromatic rings. The van der Waals surface area contributed by atoms with Crippen molar-refractivity contribution in [1.82, 2.24) is 0 Å². The molecular formula is C17H18ClNO7. The summed E-state index contributed by atoms with van der Waals surface area (Å²) >= 11 is 6.49. The monoisotopic (exact) mass is 383 g/mol. The van der Waals surface area contributed by atoms with E-state index in [4.69, 9.17) is 31.3 Å². The maximum absolute atomic E-state index is 12.4.